The molecule has 0 unspecified atom stereocenters. The fourth-order valence-electron chi connectivity index (χ4n) is 1.84. The average Bonchev–Trinajstić information content (AvgIpc) is 2.89. The summed E-state index contributed by atoms with van der Waals surface area (Å²) in [5, 5.41) is 12.4. The smallest absolute Gasteiger partial charge is 0.287 e. The number of carbonyl (C=O) groups is 1. The van der Waals surface area contributed by atoms with Gasteiger partial charge in [0.1, 0.15) is 0 Å². The van der Waals surface area contributed by atoms with Gasteiger partial charge < -0.3 is 24.3 Å². The highest BCUT2D eigenvalue weighted by atomic mass is 35.5. The van der Waals surface area contributed by atoms with Crippen molar-refractivity contribution in [2.45, 2.75) is 0 Å². The lowest BCUT2D eigenvalue weighted by Gasteiger charge is -2.03. The number of aliphatic hydroxyl groups excluding tert-OH is 1. The van der Waals surface area contributed by atoms with E-state index >= 15 is 0 Å². The molecule has 0 atom stereocenters. The van der Waals surface area contributed by atoms with Gasteiger partial charge in [0.25, 0.3) is 5.91 Å². The predicted molar refractivity (Wildman–Crippen MR) is 78.0 cm³/mol. The molecule has 0 bridgehead atoms. The van der Waals surface area contributed by atoms with E-state index in [1.165, 1.54) is 7.11 Å². The van der Waals surface area contributed by atoms with Crippen molar-refractivity contribution in [3.05, 3.63) is 29.0 Å². The number of aliphatic hydroxyl groups is 1. The zero-order valence-electron chi connectivity index (χ0n) is 11.5. The lowest BCUT2D eigenvalue weighted by molar-refractivity contribution is 0.0822. The topological polar surface area (TPSA) is 80.9 Å². The molecule has 6 nitrogen and oxygen atoms in total. The third kappa shape index (κ3) is 3.87. The Hall–Kier alpha value is -1.76. The number of carbonyl (C=O) groups excluding carboxylic acids is 1. The Bertz CT molecular complexity index is 625. The van der Waals surface area contributed by atoms with Gasteiger partial charge in [-0.2, -0.15) is 0 Å². The Balaban J connectivity index is 2.06. The van der Waals surface area contributed by atoms with Crippen molar-refractivity contribution in [1.29, 1.82) is 0 Å². The minimum Gasteiger partial charge on any atom is -0.493 e. The molecule has 0 aliphatic rings. The maximum Gasteiger partial charge on any atom is 0.287 e. The van der Waals surface area contributed by atoms with Gasteiger partial charge in [-0.15, -0.1) is 0 Å². The number of methoxy groups -OCH3 is 1. The van der Waals surface area contributed by atoms with Crippen LogP contribution < -0.4 is 10.1 Å². The van der Waals surface area contributed by atoms with Crippen LogP contribution >= 0.6 is 11.6 Å². The Kier molecular flexibility index (Phi) is 5.44. The SMILES string of the molecule is COc1cc(Cl)cc2cc(C(=O)NCCOCCO)oc12. The van der Waals surface area contributed by atoms with Crippen LogP contribution in [0.2, 0.25) is 5.02 Å². The molecule has 0 aliphatic carbocycles. The molecule has 0 fully saturated rings. The normalized spacial score (nSPS) is 10.8. The van der Waals surface area contributed by atoms with Gasteiger partial charge in [0.05, 0.1) is 26.9 Å². The molecule has 21 heavy (non-hydrogen) atoms. The summed E-state index contributed by atoms with van der Waals surface area (Å²) in [4.78, 5) is 11.9. The number of halogens is 1. The first-order chi connectivity index (χ1) is 10.2. The molecule has 114 valence electrons. The molecular formula is C14H16ClNO5. The molecule has 1 heterocycles. The van der Waals surface area contributed by atoms with Gasteiger partial charge in [-0.1, -0.05) is 11.6 Å². The van der Waals surface area contributed by atoms with Gasteiger partial charge >= 0.3 is 0 Å². The van der Waals surface area contributed by atoms with Crippen LogP contribution in [-0.4, -0.2) is 44.5 Å². The summed E-state index contributed by atoms with van der Waals surface area (Å²) >= 11 is 5.96. The van der Waals surface area contributed by atoms with Crippen molar-refractivity contribution in [2.24, 2.45) is 0 Å². The summed E-state index contributed by atoms with van der Waals surface area (Å²) in [6.45, 7) is 0.851. The minimum atomic E-state index is -0.350. The van der Waals surface area contributed by atoms with Gasteiger partial charge in [-0.3, -0.25) is 4.79 Å². The first-order valence-corrected chi connectivity index (χ1v) is 6.77. The number of rotatable bonds is 7. The number of ether oxygens (including phenoxy) is 2. The summed E-state index contributed by atoms with van der Waals surface area (Å²) < 4.78 is 15.7. The van der Waals surface area contributed by atoms with Crippen LogP contribution in [0, 0.1) is 0 Å². The van der Waals surface area contributed by atoms with Gasteiger partial charge in [0.15, 0.2) is 17.1 Å². The summed E-state index contributed by atoms with van der Waals surface area (Å²) in [5.41, 5.74) is 0.476. The van der Waals surface area contributed by atoms with E-state index in [1.807, 2.05) is 0 Å². The number of hydrogen-bond donors (Lipinski definition) is 2. The molecule has 2 aromatic rings. The summed E-state index contributed by atoms with van der Waals surface area (Å²) in [6.07, 6.45) is 0. The second kappa shape index (κ2) is 7.31. The Morgan fingerprint density at radius 3 is 2.90 bits per heavy atom. The van der Waals surface area contributed by atoms with Gasteiger partial charge in [0, 0.05) is 23.0 Å². The van der Waals surface area contributed by atoms with Crippen LogP contribution in [0.4, 0.5) is 0 Å². The predicted octanol–water partition coefficient (Wildman–Crippen LogP) is 1.83. The Morgan fingerprint density at radius 2 is 2.19 bits per heavy atom. The Morgan fingerprint density at radius 1 is 1.38 bits per heavy atom. The van der Waals surface area contributed by atoms with Gasteiger partial charge in [0.2, 0.25) is 0 Å². The maximum atomic E-state index is 11.9. The molecular weight excluding hydrogens is 298 g/mol. The molecule has 0 radical (unpaired) electrons. The number of hydrogen-bond acceptors (Lipinski definition) is 5. The van der Waals surface area contributed by atoms with Crippen LogP contribution in [-0.2, 0) is 4.74 Å². The molecule has 2 rings (SSSR count). The Labute approximate surface area is 126 Å². The molecule has 0 saturated carbocycles. The standard InChI is InChI=1S/C14H16ClNO5/c1-19-11-8-10(15)6-9-7-12(21-13(9)11)14(18)16-2-4-20-5-3-17/h6-8,17H,2-5H2,1H3,(H,16,18). The van der Waals surface area contributed by atoms with Crippen molar-refractivity contribution >= 4 is 28.5 Å². The second-order valence-corrected chi connectivity index (χ2v) is 4.67. The molecule has 1 aromatic heterocycles. The quantitative estimate of drug-likeness (QED) is 0.762. The zero-order valence-corrected chi connectivity index (χ0v) is 12.3. The second-order valence-electron chi connectivity index (χ2n) is 4.23. The summed E-state index contributed by atoms with van der Waals surface area (Å²) in [7, 11) is 1.51. The van der Waals surface area contributed by atoms with Gasteiger partial charge in [-0.05, 0) is 12.1 Å². The first-order valence-electron chi connectivity index (χ1n) is 6.39. The monoisotopic (exact) mass is 313 g/mol. The lowest BCUT2D eigenvalue weighted by atomic mass is 10.2. The van der Waals surface area contributed by atoms with Crippen molar-refractivity contribution in [3.63, 3.8) is 0 Å². The third-order valence-electron chi connectivity index (χ3n) is 2.76. The van der Waals surface area contributed by atoms with Crippen molar-refractivity contribution in [3.8, 4) is 5.75 Å². The van der Waals surface area contributed by atoms with E-state index < -0.39 is 0 Å². The van der Waals surface area contributed by atoms with Crippen LogP contribution in [0.25, 0.3) is 11.0 Å². The van der Waals surface area contributed by atoms with E-state index in [1.54, 1.807) is 18.2 Å². The average molecular weight is 314 g/mol. The summed E-state index contributed by atoms with van der Waals surface area (Å²) in [6, 6.07) is 4.93. The minimum absolute atomic E-state index is 0.0436. The third-order valence-corrected chi connectivity index (χ3v) is 2.98. The molecule has 2 N–H and O–H groups in total. The van der Waals surface area contributed by atoms with E-state index in [0.717, 1.165) is 0 Å². The van der Waals surface area contributed by atoms with E-state index in [-0.39, 0.29) is 24.9 Å². The van der Waals surface area contributed by atoms with Crippen molar-refractivity contribution in [2.75, 3.05) is 33.5 Å². The molecule has 7 heteroatoms. The van der Waals surface area contributed by atoms with E-state index in [0.29, 0.717) is 34.9 Å². The molecule has 1 aromatic carbocycles. The van der Waals surface area contributed by atoms with E-state index in [9.17, 15) is 4.79 Å². The molecule has 1 amide bonds. The fourth-order valence-corrected chi connectivity index (χ4v) is 2.06. The number of nitrogens with one attached hydrogen (secondary N) is 1. The molecule has 0 aliphatic heterocycles. The highest BCUT2D eigenvalue weighted by Crippen LogP contribution is 2.32. The number of fused-ring (bicyclic) bond motifs is 1. The lowest BCUT2D eigenvalue weighted by Crippen LogP contribution is -2.27. The summed E-state index contributed by atoms with van der Waals surface area (Å²) in [5.74, 6) is 0.299. The molecule has 0 saturated heterocycles. The van der Waals surface area contributed by atoms with Crippen molar-refractivity contribution < 1.29 is 23.8 Å². The number of benzene rings is 1. The molecule has 0 spiro atoms. The van der Waals surface area contributed by atoms with E-state index in [4.69, 9.17) is 30.6 Å². The van der Waals surface area contributed by atoms with Gasteiger partial charge in [-0.25, -0.2) is 0 Å². The maximum absolute atomic E-state index is 11.9. The fraction of sp³-hybridized carbons (Fsp3) is 0.357. The number of amides is 1. The van der Waals surface area contributed by atoms with E-state index in [2.05, 4.69) is 5.32 Å². The largest absolute Gasteiger partial charge is 0.493 e. The number of furan rings is 1. The first kappa shape index (κ1) is 15.6. The van der Waals surface area contributed by atoms with Crippen LogP contribution in [0.15, 0.2) is 22.6 Å². The van der Waals surface area contributed by atoms with Crippen LogP contribution in [0.1, 0.15) is 10.6 Å². The highest BCUT2D eigenvalue weighted by Gasteiger charge is 2.15. The zero-order chi connectivity index (χ0) is 15.2. The highest BCUT2D eigenvalue weighted by molar-refractivity contribution is 6.31. The van der Waals surface area contributed by atoms with Crippen LogP contribution in [0.3, 0.4) is 0 Å². The van der Waals surface area contributed by atoms with Crippen LogP contribution in [0.5, 0.6) is 5.75 Å². The van der Waals surface area contributed by atoms with Crippen molar-refractivity contribution in [1.82, 2.24) is 5.32 Å².